The zero-order chi connectivity index (χ0) is 23.5. The number of rotatable bonds is 6. The van der Waals surface area contributed by atoms with Gasteiger partial charge in [-0.3, -0.25) is 9.69 Å². The van der Waals surface area contributed by atoms with E-state index in [1.54, 1.807) is 42.2 Å². The number of aryl methyl sites for hydroxylation is 1. The molecule has 0 N–H and O–H groups in total. The summed E-state index contributed by atoms with van der Waals surface area (Å²) in [5, 5.41) is 0.707. The molecule has 9 heteroatoms. The summed E-state index contributed by atoms with van der Waals surface area (Å²) in [5.74, 6) is 1.19. The molecule has 33 heavy (non-hydrogen) atoms. The third-order valence-corrected chi connectivity index (χ3v) is 6.48. The molecule has 2 aromatic rings. The molecule has 2 saturated heterocycles. The second-order valence-electron chi connectivity index (χ2n) is 8.19. The zero-order valence-electron chi connectivity index (χ0n) is 19.2. The fourth-order valence-electron chi connectivity index (χ4n) is 4.34. The average molecular weight is 473 g/mol. The van der Waals surface area contributed by atoms with Gasteiger partial charge in [0.25, 0.3) is 0 Å². The molecule has 8 nitrogen and oxygen atoms in total. The Balaban J connectivity index is 1.36. The van der Waals surface area contributed by atoms with E-state index in [4.69, 9.17) is 21.1 Å². The van der Waals surface area contributed by atoms with Gasteiger partial charge in [-0.2, -0.15) is 0 Å². The summed E-state index contributed by atoms with van der Waals surface area (Å²) < 4.78 is 10.7. The number of nitrogens with zero attached hydrogens (tertiary/aromatic N) is 4. The van der Waals surface area contributed by atoms with E-state index >= 15 is 0 Å². The summed E-state index contributed by atoms with van der Waals surface area (Å²) >= 11 is 6.17. The van der Waals surface area contributed by atoms with E-state index in [0.717, 1.165) is 24.3 Å². The Bertz CT molecular complexity index is 1040. The van der Waals surface area contributed by atoms with E-state index in [0.29, 0.717) is 48.4 Å². The molecule has 0 unspecified atom stereocenters. The number of carbonyl (C=O) groups is 2. The minimum Gasteiger partial charge on any atom is -0.497 e. The summed E-state index contributed by atoms with van der Waals surface area (Å²) in [7, 11) is 3.15. The number of ether oxygens (including phenoxy) is 2. The molecule has 0 spiro atoms. The molecule has 3 amide bonds. The van der Waals surface area contributed by atoms with Crippen molar-refractivity contribution in [2.75, 3.05) is 69.8 Å². The van der Waals surface area contributed by atoms with Crippen molar-refractivity contribution < 1.29 is 19.1 Å². The molecule has 2 aliphatic heterocycles. The van der Waals surface area contributed by atoms with Gasteiger partial charge >= 0.3 is 6.03 Å². The monoisotopic (exact) mass is 472 g/mol. The Hall–Kier alpha value is -3.13. The zero-order valence-corrected chi connectivity index (χ0v) is 20.0. The van der Waals surface area contributed by atoms with E-state index in [1.165, 1.54) is 0 Å². The standard InChI is InChI=1S/C24H29ClN4O4/c1-17-4-5-18(25)14-20(17)26-8-10-27(11-9-26)23(30)16-28-12-13-29(24(28)31)21-15-19(32-2)6-7-22(21)33-3/h4-7,14-15H,8-13,16H2,1-3H3. The van der Waals surface area contributed by atoms with Gasteiger partial charge in [0, 0.05) is 56.0 Å². The van der Waals surface area contributed by atoms with Gasteiger partial charge in [-0.1, -0.05) is 17.7 Å². The van der Waals surface area contributed by atoms with E-state index in [2.05, 4.69) is 11.8 Å². The first-order valence-corrected chi connectivity index (χ1v) is 11.4. The Labute approximate surface area is 199 Å². The summed E-state index contributed by atoms with van der Waals surface area (Å²) in [4.78, 5) is 33.3. The SMILES string of the molecule is COc1ccc(OC)c(N2CCN(CC(=O)N3CCN(c4cc(Cl)ccc4C)CC3)C2=O)c1. The van der Waals surface area contributed by atoms with Crippen molar-refractivity contribution in [3.63, 3.8) is 0 Å². The van der Waals surface area contributed by atoms with Crippen molar-refractivity contribution in [3.8, 4) is 11.5 Å². The number of hydrogen-bond acceptors (Lipinski definition) is 5. The van der Waals surface area contributed by atoms with E-state index in [-0.39, 0.29) is 18.5 Å². The topological polar surface area (TPSA) is 65.6 Å². The fourth-order valence-corrected chi connectivity index (χ4v) is 4.51. The van der Waals surface area contributed by atoms with Crippen LogP contribution in [0.2, 0.25) is 5.02 Å². The summed E-state index contributed by atoms with van der Waals surface area (Å²) in [5.41, 5.74) is 2.91. The predicted molar refractivity (Wildman–Crippen MR) is 129 cm³/mol. The van der Waals surface area contributed by atoms with Crippen LogP contribution in [0.4, 0.5) is 16.2 Å². The van der Waals surface area contributed by atoms with Crippen LogP contribution in [0.25, 0.3) is 0 Å². The third-order valence-electron chi connectivity index (χ3n) is 6.24. The highest BCUT2D eigenvalue weighted by Crippen LogP contribution is 2.34. The molecule has 176 valence electrons. The minimum absolute atomic E-state index is 0.0368. The Morgan fingerprint density at radius 3 is 2.39 bits per heavy atom. The summed E-state index contributed by atoms with van der Waals surface area (Å²) in [6.07, 6.45) is 0. The molecule has 0 saturated carbocycles. The maximum absolute atomic E-state index is 13.1. The number of urea groups is 1. The largest absolute Gasteiger partial charge is 0.497 e. The number of carbonyl (C=O) groups excluding carboxylic acids is 2. The van der Waals surface area contributed by atoms with Crippen LogP contribution in [-0.2, 0) is 4.79 Å². The molecular formula is C24H29ClN4O4. The van der Waals surface area contributed by atoms with E-state index < -0.39 is 0 Å². The summed E-state index contributed by atoms with van der Waals surface area (Å²) in [6.45, 7) is 5.77. The normalized spacial score (nSPS) is 16.4. The molecule has 0 aromatic heterocycles. The second-order valence-corrected chi connectivity index (χ2v) is 8.63. The molecule has 0 atom stereocenters. The Kier molecular flexibility index (Phi) is 6.83. The number of methoxy groups -OCH3 is 2. The van der Waals surface area contributed by atoms with Crippen molar-refractivity contribution in [3.05, 3.63) is 47.0 Å². The highest BCUT2D eigenvalue weighted by molar-refractivity contribution is 6.30. The fraction of sp³-hybridized carbons (Fsp3) is 0.417. The van der Waals surface area contributed by atoms with Crippen LogP contribution in [0.5, 0.6) is 11.5 Å². The van der Waals surface area contributed by atoms with Gasteiger partial charge in [-0.15, -0.1) is 0 Å². The molecule has 0 radical (unpaired) electrons. The van der Waals surface area contributed by atoms with Crippen LogP contribution in [0.3, 0.4) is 0 Å². The van der Waals surface area contributed by atoms with Gasteiger partial charge in [0.1, 0.15) is 18.0 Å². The number of hydrogen-bond donors (Lipinski definition) is 0. The van der Waals surface area contributed by atoms with E-state index in [1.807, 2.05) is 23.1 Å². The van der Waals surface area contributed by atoms with Gasteiger partial charge in [0.05, 0.1) is 19.9 Å². The first kappa shape index (κ1) is 23.0. The molecule has 2 aliphatic rings. The highest BCUT2D eigenvalue weighted by Gasteiger charge is 2.34. The number of benzene rings is 2. The van der Waals surface area contributed by atoms with Gasteiger partial charge < -0.3 is 24.2 Å². The van der Waals surface area contributed by atoms with Crippen molar-refractivity contribution in [2.45, 2.75) is 6.92 Å². The molecule has 4 rings (SSSR count). The molecule has 2 heterocycles. The van der Waals surface area contributed by atoms with Crippen molar-refractivity contribution in [1.29, 1.82) is 0 Å². The predicted octanol–water partition coefficient (Wildman–Crippen LogP) is 3.26. The third kappa shape index (κ3) is 4.80. The molecule has 0 bridgehead atoms. The molecular weight excluding hydrogens is 444 g/mol. The Morgan fingerprint density at radius 2 is 1.70 bits per heavy atom. The smallest absolute Gasteiger partial charge is 0.325 e. The number of anilines is 2. The highest BCUT2D eigenvalue weighted by atomic mass is 35.5. The van der Waals surface area contributed by atoms with Gasteiger partial charge in [-0.25, -0.2) is 4.79 Å². The van der Waals surface area contributed by atoms with Gasteiger partial charge in [-0.05, 0) is 36.8 Å². The number of halogens is 1. The lowest BCUT2D eigenvalue weighted by Crippen LogP contribution is -2.51. The van der Waals surface area contributed by atoms with Crippen LogP contribution in [-0.4, -0.2) is 81.8 Å². The lowest BCUT2D eigenvalue weighted by molar-refractivity contribution is -0.131. The first-order valence-electron chi connectivity index (χ1n) is 11.0. The lowest BCUT2D eigenvalue weighted by atomic mass is 10.1. The van der Waals surface area contributed by atoms with Gasteiger partial charge in [0.2, 0.25) is 5.91 Å². The summed E-state index contributed by atoms with van der Waals surface area (Å²) in [6, 6.07) is 11.0. The van der Waals surface area contributed by atoms with Crippen LogP contribution in [0, 0.1) is 6.92 Å². The average Bonchev–Trinajstić information content (AvgIpc) is 3.19. The van der Waals surface area contributed by atoms with Gasteiger partial charge in [0.15, 0.2) is 0 Å². The maximum Gasteiger partial charge on any atom is 0.325 e. The quantitative estimate of drug-likeness (QED) is 0.645. The van der Waals surface area contributed by atoms with Crippen LogP contribution in [0.15, 0.2) is 36.4 Å². The Morgan fingerprint density at radius 1 is 0.939 bits per heavy atom. The molecule has 2 fully saturated rings. The van der Waals surface area contributed by atoms with Crippen LogP contribution >= 0.6 is 11.6 Å². The lowest BCUT2D eigenvalue weighted by Gasteiger charge is -2.37. The molecule has 2 aromatic carbocycles. The van der Waals surface area contributed by atoms with Crippen molar-refractivity contribution >= 4 is 34.9 Å². The van der Waals surface area contributed by atoms with Crippen LogP contribution in [0.1, 0.15) is 5.56 Å². The number of piperazine rings is 1. The first-order chi connectivity index (χ1) is 15.9. The number of amides is 3. The van der Waals surface area contributed by atoms with Crippen LogP contribution < -0.4 is 19.3 Å². The van der Waals surface area contributed by atoms with Crippen molar-refractivity contribution in [2.24, 2.45) is 0 Å². The minimum atomic E-state index is -0.205. The van der Waals surface area contributed by atoms with E-state index in [9.17, 15) is 9.59 Å². The second kappa shape index (κ2) is 9.79. The maximum atomic E-state index is 13.1. The van der Waals surface area contributed by atoms with Crippen molar-refractivity contribution in [1.82, 2.24) is 9.80 Å². The molecule has 0 aliphatic carbocycles.